The lowest BCUT2D eigenvalue weighted by Gasteiger charge is -2.03. The lowest BCUT2D eigenvalue weighted by molar-refractivity contribution is -0.132. The number of fused-ring (bicyclic) bond motifs is 1. The average molecular weight is 267 g/mol. The lowest BCUT2D eigenvalue weighted by Crippen LogP contribution is -1.99. The average Bonchev–Trinajstić information content (AvgIpc) is 2.59. The molecule has 0 aliphatic heterocycles. The second-order valence-corrected chi connectivity index (χ2v) is 4.63. The second kappa shape index (κ2) is 3.81. The first-order chi connectivity index (χ1) is 7.09. The van der Waals surface area contributed by atoms with E-state index in [4.69, 9.17) is 5.11 Å². The van der Waals surface area contributed by atoms with Crippen molar-refractivity contribution in [1.29, 1.82) is 0 Å². The number of allylic oxidation sites excluding steroid dienone is 1. The van der Waals surface area contributed by atoms with Gasteiger partial charge in [-0.3, -0.25) is 0 Å². The maximum absolute atomic E-state index is 10.9. The number of hydrogen-bond donors (Lipinski definition) is 1. The monoisotopic (exact) mass is 266 g/mol. The molecule has 0 spiro atoms. The van der Waals surface area contributed by atoms with Crippen molar-refractivity contribution >= 4 is 27.5 Å². The highest BCUT2D eigenvalue weighted by molar-refractivity contribution is 9.10. The van der Waals surface area contributed by atoms with Crippen LogP contribution < -0.4 is 0 Å². The van der Waals surface area contributed by atoms with Crippen LogP contribution in [0.5, 0.6) is 0 Å². The second-order valence-electron chi connectivity index (χ2n) is 3.71. The zero-order valence-electron chi connectivity index (χ0n) is 8.38. The Balaban J connectivity index is 2.54. The van der Waals surface area contributed by atoms with Gasteiger partial charge in [-0.2, -0.15) is 0 Å². The molecule has 2 nitrogen and oxygen atoms in total. The summed E-state index contributed by atoms with van der Waals surface area (Å²) < 4.78 is 1.05. The van der Waals surface area contributed by atoms with Gasteiger partial charge in [0.05, 0.1) is 0 Å². The normalized spacial score (nSPS) is 17.5. The Hall–Kier alpha value is -1.09. The van der Waals surface area contributed by atoms with E-state index in [1.165, 1.54) is 5.56 Å². The van der Waals surface area contributed by atoms with Crippen LogP contribution in [0.4, 0.5) is 0 Å². The molecule has 0 radical (unpaired) electrons. The minimum atomic E-state index is -0.819. The number of benzene rings is 1. The van der Waals surface area contributed by atoms with Gasteiger partial charge in [0.1, 0.15) is 0 Å². The van der Waals surface area contributed by atoms with Crippen LogP contribution >= 0.6 is 15.9 Å². The maximum atomic E-state index is 10.9. The van der Waals surface area contributed by atoms with Gasteiger partial charge in [-0.1, -0.05) is 22.0 Å². The van der Waals surface area contributed by atoms with Gasteiger partial charge in [-0.25, -0.2) is 4.79 Å². The van der Waals surface area contributed by atoms with E-state index in [0.29, 0.717) is 5.57 Å². The van der Waals surface area contributed by atoms with Gasteiger partial charge in [-0.15, -0.1) is 0 Å². The van der Waals surface area contributed by atoms with E-state index in [1.54, 1.807) is 6.92 Å². The van der Waals surface area contributed by atoms with Crippen LogP contribution in [-0.4, -0.2) is 11.1 Å². The van der Waals surface area contributed by atoms with Gasteiger partial charge in [-0.05, 0) is 48.6 Å². The van der Waals surface area contributed by atoms with E-state index in [2.05, 4.69) is 22.0 Å². The maximum Gasteiger partial charge on any atom is 0.331 e. The number of carbonyl (C=O) groups is 1. The zero-order chi connectivity index (χ0) is 11.0. The molecule has 3 heteroatoms. The summed E-state index contributed by atoms with van der Waals surface area (Å²) in [4.78, 5) is 10.9. The smallest absolute Gasteiger partial charge is 0.331 e. The number of aryl methyl sites for hydroxylation is 1. The molecule has 1 aromatic carbocycles. The number of carboxylic acids is 1. The summed E-state index contributed by atoms with van der Waals surface area (Å²) in [7, 11) is 0. The Morgan fingerprint density at radius 2 is 2.13 bits per heavy atom. The lowest BCUT2D eigenvalue weighted by atomic mass is 10.0. The van der Waals surface area contributed by atoms with Crippen LogP contribution in [-0.2, 0) is 11.2 Å². The first kappa shape index (κ1) is 10.4. The molecule has 0 amide bonds. The van der Waals surface area contributed by atoms with Crippen molar-refractivity contribution in [2.75, 3.05) is 0 Å². The fraction of sp³-hybridized carbons (Fsp3) is 0.250. The predicted molar refractivity (Wildman–Crippen MR) is 62.7 cm³/mol. The largest absolute Gasteiger partial charge is 0.478 e. The molecule has 0 unspecified atom stereocenters. The van der Waals surface area contributed by atoms with Gasteiger partial charge >= 0.3 is 5.97 Å². The molecule has 15 heavy (non-hydrogen) atoms. The molecule has 0 fully saturated rings. The number of carboxylic acid groups (broad SMARTS) is 1. The molecule has 1 aliphatic rings. The van der Waals surface area contributed by atoms with Crippen molar-refractivity contribution in [3.05, 3.63) is 39.4 Å². The Morgan fingerprint density at radius 3 is 2.80 bits per heavy atom. The SMILES string of the molecule is C/C(C(=O)O)=C1/CCc2cc(Br)ccc21. The fourth-order valence-electron chi connectivity index (χ4n) is 1.98. The highest BCUT2D eigenvalue weighted by Gasteiger charge is 2.20. The van der Waals surface area contributed by atoms with Crippen LogP contribution in [0.3, 0.4) is 0 Å². The summed E-state index contributed by atoms with van der Waals surface area (Å²) in [5.41, 5.74) is 3.78. The summed E-state index contributed by atoms with van der Waals surface area (Å²) >= 11 is 3.42. The summed E-state index contributed by atoms with van der Waals surface area (Å²) in [6.45, 7) is 1.68. The third-order valence-corrected chi connectivity index (χ3v) is 3.30. The van der Waals surface area contributed by atoms with Crippen molar-refractivity contribution in [3.63, 3.8) is 0 Å². The van der Waals surface area contributed by atoms with Crippen molar-refractivity contribution < 1.29 is 9.90 Å². The fourth-order valence-corrected chi connectivity index (χ4v) is 2.38. The number of rotatable bonds is 1. The van der Waals surface area contributed by atoms with Gasteiger partial charge in [0.15, 0.2) is 0 Å². The van der Waals surface area contributed by atoms with Crippen LogP contribution in [0.1, 0.15) is 24.5 Å². The minimum absolute atomic E-state index is 0.469. The van der Waals surface area contributed by atoms with Crippen LogP contribution in [0.25, 0.3) is 5.57 Å². The molecule has 0 saturated heterocycles. The number of aliphatic carboxylic acids is 1. The molecule has 1 aliphatic carbocycles. The zero-order valence-corrected chi connectivity index (χ0v) is 9.97. The molecule has 1 N–H and O–H groups in total. The van der Waals surface area contributed by atoms with E-state index in [1.807, 2.05) is 12.1 Å². The molecule has 0 heterocycles. The first-order valence-corrected chi connectivity index (χ1v) is 5.60. The van der Waals surface area contributed by atoms with Crippen LogP contribution in [0.2, 0.25) is 0 Å². The van der Waals surface area contributed by atoms with Crippen molar-refractivity contribution in [1.82, 2.24) is 0 Å². The van der Waals surface area contributed by atoms with Gasteiger partial charge in [0, 0.05) is 10.0 Å². The summed E-state index contributed by atoms with van der Waals surface area (Å²) in [5.74, 6) is -0.819. The highest BCUT2D eigenvalue weighted by Crippen LogP contribution is 2.35. The molecule has 2 rings (SSSR count). The Kier molecular flexibility index (Phi) is 2.65. The summed E-state index contributed by atoms with van der Waals surface area (Å²) in [6, 6.07) is 6.02. The minimum Gasteiger partial charge on any atom is -0.478 e. The molecular weight excluding hydrogens is 256 g/mol. The third-order valence-electron chi connectivity index (χ3n) is 2.81. The van der Waals surface area contributed by atoms with Crippen molar-refractivity contribution in [2.45, 2.75) is 19.8 Å². The molecule has 1 aromatic rings. The van der Waals surface area contributed by atoms with Crippen molar-refractivity contribution in [3.8, 4) is 0 Å². The Morgan fingerprint density at radius 1 is 1.40 bits per heavy atom. The van der Waals surface area contributed by atoms with Crippen LogP contribution in [0.15, 0.2) is 28.2 Å². The predicted octanol–water partition coefficient (Wildman–Crippen LogP) is 3.25. The van der Waals surface area contributed by atoms with Gasteiger partial charge in [0.2, 0.25) is 0 Å². The number of hydrogen-bond acceptors (Lipinski definition) is 1. The van der Waals surface area contributed by atoms with Crippen LogP contribution in [0, 0.1) is 0 Å². The Bertz CT molecular complexity index is 461. The molecular formula is C12H11BrO2. The standard InChI is InChI=1S/C12H11BrO2/c1-7(12(14)15)10-4-2-8-6-9(13)3-5-11(8)10/h3,5-6H,2,4H2,1H3,(H,14,15)/b10-7+. The van der Waals surface area contributed by atoms with E-state index in [9.17, 15) is 4.79 Å². The molecule has 0 saturated carbocycles. The summed E-state index contributed by atoms with van der Waals surface area (Å²) in [5, 5.41) is 8.96. The molecule has 0 atom stereocenters. The highest BCUT2D eigenvalue weighted by atomic mass is 79.9. The Labute approximate surface area is 96.7 Å². The number of halogens is 1. The third kappa shape index (κ3) is 1.84. The van der Waals surface area contributed by atoms with Gasteiger partial charge < -0.3 is 5.11 Å². The molecule has 0 aromatic heterocycles. The summed E-state index contributed by atoms with van der Waals surface area (Å²) in [6.07, 6.45) is 1.78. The van der Waals surface area contributed by atoms with E-state index in [-0.39, 0.29) is 0 Å². The molecule has 0 bridgehead atoms. The van der Waals surface area contributed by atoms with Crippen molar-refractivity contribution in [2.24, 2.45) is 0 Å². The van der Waals surface area contributed by atoms with E-state index < -0.39 is 5.97 Å². The van der Waals surface area contributed by atoms with E-state index in [0.717, 1.165) is 28.5 Å². The first-order valence-electron chi connectivity index (χ1n) is 4.81. The van der Waals surface area contributed by atoms with Gasteiger partial charge in [0.25, 0.3) is 0 Å². The molecule has 78 valence electrons. The quantitative estimate of drug-likeness (QED) is 0.793. The van der Waals surface area contributed by atoms with E-state index >= 15 is 0 Å². The topological polar surface area (TPSA) is 37.3 Å².